The lowest BCUT2D eigenvalue weighted by Crippen LogP contribution is -2.41. The molecule has 1 amide bonds. The zero-order valence-corrected chi connectivity index (χ0v) is 18.8. The number of aryl methyl sites for hydroxylation is 1. The Hall–Kier alpha value is -4.07. The van der Waals surface area contributed by atoms with Gasteiger partial charge in [-0.1, -0.05) is 6.07 Å². The molecule has 1 aliphatic heterocycles. The minimum atomic E-state index is 0.0985. The van der Waals surface area contributed by atoms with Crippen LogP contribution in [0.5, 0.6) is 0 Å². The third-order valence-electron chi connectivity index (χ3n) is 6.00. The van der Waals surface area contributed by atoms with Gasteiger partial charge in [0.1, 0.15) is 11.3 Å². The van der Waals surface area contributed by atoms with Gasteiger partial charge in [0, 0.05) is 35.9 Å². The molecule has 5 rings (SSSR count). The van der Waals surface area contributed by atoms with Gasteiger partial charge in [0.15, 0.2) is 5.82 Å². The number of benzene rings is 1. The van der Waals surface area contributed by atoms with Crippen molar-refractivity contribution in [2.75, 3.05) is 11.1 Å². The molecule has 1 aliphatic rings. The summed E-state index contributed by atoms with van der Waals surface area (Å²) in [5, 5.41) is 12.7. The average molecular weight is 440 g/mol. The molecule has 0 radical (unpaired) electrons. The molecule has 4 heterocycles. The number of amides is 1. The van der Waals surface area contributed by atoms with Crippen molar-refractivity contribution >= 4 is 34.1 Å². The summed E-state index contributed by atoms with van der Waals surface area (Å²) in [6.45, 7) is 6.68. The van der Waals surface area contributed by atoms with Gasteiger partial charge in [-0.2, -0.15) is 0 Å². The molecule has 0 bridgehead atoms. The highest BCUT2D eigenvalue weighted by atomic mass is 16.2. The number of nitrogens with one attached hydrogen (secondary N) is 1. The molecule has 8 heteroatoms. The van der Waals surface area contributed by atoms with Gasteiger partial charge < -0.3 is 16.0 Å². The Bertz CT molecular complexity index is 1380. The van der Waals surface area contributed by atoms with E-state index in [0.29, 0.717) is 35.8 Å². The fourth-order valence-electron chi connectivity index (χ4n) is 4.18. The van der Waals surface area contributed by atoms with Crippen LogP contribution in [0.3, 0.4) is 0 Å². The molecule has 166 valence electrons. The number of anilines is 3. The maximum Gasteiger partial charge on any atom is 0.229 e. The number of carbonyl (C=O) groups excluding carboxylic acids is 1. The van der Waals surface area contributed by atoms with Gasteiger partial charge in [-0.05, 0) is 67.8 Å². The minimum Gasteiger partial charge on any atom is -0.397 e. The van der Waals surface area contributed by atoms with Gasteiger partial charge in [0.25, 0.3) is 0 Å². The third-order valence-corrected chi connectivity index (χ3v) is 6.00. The standard InChI is InChI=1S/C25H25N7O/c1-14(2)32-13-16-4-5-22(28-21(16)11-24(32)33)29-23-10-18-8-17(9-20(26)25(18)31-30-23)19-12-27-7-6-15(19)3/h4-10,12,14H,11,13,26H2,1-3H3,(H,28,29,30). The number of rotatable bonds is 4. The number of carbonyl (C=O) groups is 1. The summed E-state index contributed by atoms with van der Waals surface area (Å²) in [6.07, 6.45) is 3.91. The molecule has 8 nitrogen and oxygen atoms in total. The Morgan fingerprint density at radius 2 is 1.94 bits per heavy atom. The molecule has 3 aromatic heterocycles. The Kier molecular flexibility index (Phi) is 5.12. The normalized spacial score (nSPS) is 13.5. The van der Waals surface area contributed by atoms with E-state index in [-0.39, 0.29) is 11.9 Å². The van der Waals surface area contributed by atoms with Crippen LogP contribution >= 0.6 is 0 Å². The second-order valence-electron chi connectivity index (χ2n) is 8.64. The van der Waals surface area contributed by atoms with Gasteiger partial charge in [0.05, 0.1) is 17.8 Å². The predicted octanol–water partition coefficient (Wildman–Crippen LogP) is 4.01. The number of fused-ring (bicyclic) bond motifs is 2. The summed E-state index contributed by atoms with van der Waals surface area (Å²) in [5.74, 6) is 1.28. The lowest BCUT2D eigenvalue weighted by molar-refractivity contribution is -0.133. The first-order valence-corrected chi connectivity index (χ1v) is 10.9. The number of nitrogens with zero attached hydrogens (tertiary/aromatic N) is 5. The molecule has 0 atom stereocenters. The van der Waals surface area contributed by atoms with Gasteiger partial charge >= 0.3 is 0 Å². The summed E-state index contributed by atoms with van der Waals surface area (Å²) in [6, 6.07) is 11.9. The molecule has 0 saturated carbocycles. The van der Waals surface area contributed by atoms with Crippen molar-refractivity contribution in [3.8, 4) is 11.1 Å². The largest absolute Gasteiger partial charge is 0.397 e. The topological polar surface area (TPSA) is 110 Å². The van der Waals surface area contributed by atoms with E-state index in [1.165, 1.54) is 0 Å². The molecule has 3 N–H and O–H groups in total. The van der Waals surface area contributed by atoms with Crippen molar-refractivity contribution in [1.82, 2.24) is 25.1 Å². The van der Waals surface area contributed by atoms with Crippen LogP contribution < -0.4 is 11.1 Å². The van der Waals surface area contributed by atoms with Crippen LogP contribution in [0, 0.1) is 6.92 Å². The fourth-order valence-corrected chi connectivity index (χ4v) is 4.18. The lowest BCUT2D eigenvalue weighted by Gasteiger charge is -2.31. The third kappa shape index (κ3) is 3.95. The van der Waals surface area contributed by atoms with Crippen molar-refractivity contribution in [3.63, 3.8) is 0 Å². The number of pyridine rings is 2. The fraction of sp³-hybridized carbons (Fsp3) is 0.240. The number of hydrogen-bond donors (Lipinski definition) is 2. The summed E-state index contributed by atoms with van der Waals surface area (Å²) in [4.78, 5) is 23.2. The van der Waals surface area contributed by atoms with Gasteiger partial charge in [0.2, 0.25) is 5.91 Å². The average Bonchev–Trinajstić information content (AvgIpc) is 2.78. The highest BCUT2D eigenvalue weighted by molar-refractivity contribution is 5.95. The highest BCUT2D eigenvalue weighted by Gasteiger charge is 2.26. The van der Waals surface area contributed by atoms with E-state index in [2.05, 4.69) is 25.5 Å². The molecule has 4 aromatic rings. The quantitative estimate of drug-likeness (QED) is 0.462. The number of nitrogens with two attached hydrogens (primary N) is 1. The van der Waals surface area contributed by atoms with Crippen molar-refractivity contribution < 1.29 is 4.79 Å². The zero-order valence-electron chi connectivity index (χ0n) is 18.8. The van der Waals surface area contributed by atoms with E-state index >= 15 is 0 Å². The SMILES string of the molecule is Cc1ccncc1-c1cc(N)c2nnc(Nc3ccc4c(n3)CC(=O)N(C(C)C)C4)cc2c1. The molecule has 0 fully saturated rings. The van der Waals surface area contributed by atoms with E-state index < -0.39 is 0 Å². The Morgan fingerprint density at radius 3 is 2.73 bits per heavy atom. The van der Waals surface area contributed by atoms with E-state index in [1.54, 1.807) is 6.20 Å². The lowest BCUT2D eigenvalue weighted by atomic mass is 10.0. The van der Waals surface area contributed by atoms with Crippen LogP contribution in [0.1, 0.15) is 30.7 Å². The minimum absolute atomic E-state index is 0.0985. The van der Waals surface area contributed by atoms with Crippen LogP contribution in [0.15, 0.2) is 48.8 Å². The Balaban J connectivity index is 1.46. The monoisotopic (exact) mass is 439 g/mol. The van der Waals surface area contributed by atoms with Crippen LogP contribution in [0.2, 0.25) is 0 Å². The second-order valence-corrected chi connectivity index (χ2v) is 8.64. The summed E-state index contributed by atoms with van der Waals surface area (Å²) in [5.41, 5.74) is 12.5. The molecule has 0 unspecified atom stereocenters. The second kappa shape index (κ2) is 8.12. The Morgan fingerprint density at radius 1 is 1.09 bits per heavy atom. The van der Waals surface area contributed by atoms with Crippen molar-refractivity contribution in [2.45, 2.75) is 39.8 Å². The van der Waals surface area contributed by atoms with Gasteiger partial charge in [-0.15, -0.1) is 10.2 Å². The highest BCUT2D eigenvalue weighted by Crippen LogP contribution is 2.31. The van der Waals surface area contributed by atoms with Gasteiger partial charge in [-0.25, -0.2) is 4.98 Å². The van der Waals surface area contributed by atoms with Gasteiger partial charge in [-0.3, -0.25) is 9.78 Å². The van der Waals surface area contributed by atoms with E-state index in [9.17, 15) is 4.79 Å². The van der Waals surface area contributed by atoms with Crippen molar-refractivity contribution in [2.24, 2.45) is 0 Å². The molecule has 0 aliphatic carbocycles. The summed E-state index contributed by atoms with van der Waals surface area (Å²) >= 11 is 0. The van der Waals surface area contributed by atoms with E-state index in [4.69, 9.17) is 5.73 Å². The number of aromatic nitrogens is 4. The number of nitrogen functional groups attached to an aromatic ring is 1. The molecule has 0 saturated heterocycles. The first kappa shape index (κ1) is 20.8. The van der Waals surface area contributed by atoms with E-state index in [1.807, 2.05) is 68.3 Å². The summed E-state index contributed by atoms with van der Waals surface area (Å²) in [7, 11) is 0. The van der Waals surface area contributed by atoms with Crippen LogP contribution in [0.4, 0.5) is 17.3 Å². The molecule has 0 spiro atoms. The Labute approximate surface area is 191 Å². The first-order valence-electron chi connectivity index (χ1n) is 10.9. The molecular formula is C25H25N7O. The zero-order chi connectivity index (χ0) is 23.1. The molecular weight excluding hydrogens is 414 g/mol. The molecule has 33 heavy (non-hydrogen) atoms. The predicted molar refractivity (Wildman–Crippen MR) is 129 cm³/mol. The maximum absolute atomic E-state index is 12.4. The van der Waals surface area contributed by atoms with Crippen LogP contribution in [-0.4, -0.2) is 37.0 Å². The number of hydrogen-bond acceptors (Lipinski definition) is 7. The van der Waals surface area contributed by atoms with Crippen LogP contribution in [-0.2, 0) is 17.8 Å². The van der Waals surface area contributed by atoms with Crippen molar-refractivity contribution in [3.05, 3.63) is 65.6 Å². The molecule has 1 aromatic carbocycles. The summed E-state index contributed by atoms with van der Waals surface area (Å²) < 4.78 is 0. The van der Waals surface area contributed by atoms with Crippen LogP contribution in [0.25, 0.3) is 22.0 Å². The smallest absolute Gasteiger partial charge is 0.229 e. The van der Waals surface area contributed by atoms with E-state index in [0.717, 1.165) is 33.3 Å². The van der Waals surface area contributed by atoms with Crippen molar-refractivity contribution in [1.29, 1.82) is 0 Å². The first-order chi connectivity index (χ1) is 15.9. The maximum atomic E-state index is 12.4.